The molecule has 0 amide bonds. The van der Waals surface area contributed by atoms with Crippen LogP contribution in [0.3, 0.4) is 0 Å². The van der Waals surface area contributed by atoms with Crippen LogP contribution in [0.25, 0.3) is 0 Å². The van der Waals surface area contributed by atoms with Crippen molar-refractivity contribution >= 4 is 0 Å². The van der Waals surface area contributed by atoms with Crippen LogP contribution in [0.1, 0.15) is 18.9 Å². The molecular formula is C9H15N. The monoisotopic (exact) mass is 137 g/mol. The maximum Gasteiger partial charge on any atom is -0.0281 e. The molecule has 0 radical (unpaired) electrons. The molecule has 0 fully saturated rings. The van der Waals surface area contributed by atoms with E-state index < -0.39 is 0 Å². The van der Waals surface area contributed by atoms with E-state index in [-0.39, 0.29) is 6.15 Å². The van der Waals surface area contributed by atoms with Crippen LogP contribution in [0.4, 0.5) is 0 Å². The predicted molar refractivity (Wildman–Crippen MR) is 45.5 cm³/mol. The SMILES string of the molecule is CCCc1ccccc1.N. The predicted octanol–water partition coefficient (Wildman–Crippen LogP) is 2.80. The molecule has 56 valence electrons. The minimum absolute atomic E-state index is 0. The Bertz CT molecular complexity index is 158. The fraction of sp³-hybridized carbons (Fsp3) is 0.333. The van der Waals surface area contributed by atoms with Gasteiger partial charge in [-0.2, -0.15) is 0 Å². The van der Waals surface area contributed by atoms with Gasteiger partial charge in [0.05, 0.1) is 0 Å². The molecule has 0 aromatic heterocycles. The average molecular weight is 137 g/mol. The van der Waals surface area contributed by atoms with E-state index in [1.54, 1.807) is 0 Å². The number of aryl methyl sites for hydroxylation is 1. The van der Waals surface area contributed by atoms with Crippen molar-refractivity contribution in [2.24, 2.45) is 0 Å². The molecule has 10 heavy (non-hydrogen) atoms. The van der Waals surface area contributed by atoms with Crippen LogP contribution in [-0.2, 0) is 6.42 Å². The first-order valence-corrected chi connectivity index (χ1v) is 3.47. The molecule has 0 heterocycles. The molecule has 0 aliphatic heterocycles. The highest BCUT2D eigenvalue weighted by Crippen LogP contribution is 2.00. The van der Waals surface area contributed by atoms with Crippen molar-refractivity contribution in [2.45, 2.75) is 19.8 Å². The highest BCUT2D eigenvalue weighted by Gasteiger charge is 1.84. The normalized spacial score (nSPS) is 8.50. The molecule has 1 rings (SSSR count). The summed E-state index contributed by atoms with van der Waals surface area (Å²) in [6.45, 7) is 2.20. The smallest absolute Gasteiger partial charge is 0.0281 e. The fourth-order valence-electron chi connectivity index (χ4n) is 0.933. The van der Waals surface area contributed by atoms with Crippen LogP contribution in [-0.4, -0.2) is 0 Å². The van der Waals surface area contributed by atoms with Crippen LogP contribution in [0.5, 0.6) is 0 Å². The summed E-state index contributed by atoms with van der Waals surface area (Å²) in [4.78, 5) is 0. The van der Waals surface area contributed by atoms with Crippen molar-refractivity contribution in [3.63, 3.8) is 0 Å². The van der Waals surface area contributed by atoms with E-state index in [0.29, 0.717) is 0 Å². The van der Waals surface area contributed by atoms with E-state index in [2.05, 4.69) is 37.3 Å². The number of hydrogen-bond donors (Lipinski definition) is 1. The van der Waals surface area contributed by atoms with Crippen molar-refractivity contribution in [3.8, 4) is 0 Å². The summed E-state index contributed by atoms with van der Waals surface area (Å²) in [6, 6.07) is 10.6. The van der Waals surface area contributed by atoms with E-state index >= 15 is 0 Å². The maximum atomic E-state index is 2.20. The molecule has 0 unspecified atom stereocenters. The molecule has 0 aliphatic carbocycles. The van der Waals surface area contributed by atoms with Crippen molar-refractivity contribution < 1.29 is 0 Å². The fourth-order valence-corrected chi connectivity index (χ4v) is 0.933. The van der Waals surface area contributed by atoms with E-state index in [1.807, 2.05) is 0 Å². The summed E-state index contributed by atoms with van der Waals surface area (Å²) in [5.74, 6) is 0. The molecular weight excluding hydrogens is 122 g/mol. The molecule has 0 saturated carbocycles. The van der Waals surface area contributed by atoms with E-state index in [4.69, 9.17) is 0 Å². The lowest BCUT2D eigenvalue weighted by Crippen LogP contribution is -1.78. The quantitative estimate of drug-likeness (QED) is 0.668. The molecule has 3 N–H and O–H groups in total. The van der Waals surface area contributed by atoms with Crippen LogP contribution >= 0.6 is 0 Å². The first-order chi connectivity index (χ1) is 4.43. The van der Waals surface area contributed by atoms with Crippen molar-refractivity contribution in [3.05, 3.63) is 35.9 Å². The summed E-state index contributed by atoms with van der Waals surface area (Å²) in [6.07, 6.45) is 2.45. The molecule has 1 heteroatoms. The van der Waals surface area contributed by atoms with Gasteiger partial charge in [-0.25, -0.2) is 0 Å². The van der Waals surface area contributed by atoms with Gasteiger partial charge in [-0.1, -0.05) is 43.7 Å². The van der Waals surface area contributed by atoms with Gasteiger partial charge < -0.3 is 6.15 Å². The Morgan fingerprint density at radius 1 is 1.10 bits per heavy atom. The largest absolute Gasteiger partial charge is 0.344 e. The van der Waals surface area contributed by atoms with Gasteiger partial charge in [0, 0.05) is 0 Å². The second kappa shape index (κ2) is 5.00. The van der Waals surface area contributed by atoms with Crippen molar-refractivity contribution in [1.29, 1.82) is 0 Å². The van der Waals surface area contributed by atoms with Gasteiger partial charge in [-0.15, -0.1) is 0 Å². The lowest BCUT2D eigenvalue weighted by Gasteiger charge is -1.93. The molecule has 0 saturated heterocycles. The maximum absolute atomic E-state index is 2.20. The summed E-state index contributed by atoms with van der Waals surface area (Å²) in [5.41, 5.74) is 1.44. The Morgan fingerprint density at radius 2 is 1.70 bits per heavy atom. The summed E-state index contributed by atoms with van der Waals surface area (Å²) in [5, 5.41) is 0. The Morgan fingerprint density at radius 3 is 2.20 bits per heavy atom. The third-order valence-electron chi connectivity index (χ3n) is 1.38. The number of rotatable bonds is 2. The Labute approximate surface area is 62.7 Å². The van der Waals surface area contributed by atoms with Crippen LogP contribution in [0.15, 0.2) is 30.3 Å². The zero-order valence-electron chi connectivity index (χ0n) is 6.51. The van der Waals surface area contributed by atoms with Crippen LogP contribution in [0, 0.1) is 0 Å². The van der Waals surface area contributed by atoms with Gasteiger partial charge in [0.25, 0.3) is 0 Å². The second-order valence-electron chi connectivity index (χ2n) is 2.24. The van der Waals surface area contributed by atoms with Gasteiger partial charge >= 0.3 is 0 Å². The minimum atomic E-state index is 0. The van der Waals surface area contributed by atoms with Crippen molar-refractivity contribution in [1.82, 2.24) is 6.15 Å². The Balaban J connectivity index is 0.000000810. The topological polar surface area (TPSA) is 35.0 Å². The second-order valence-corrected chi connectivity index (χ2v) is 2.24. The molecule has 1 aromatic carbocycles. The van der Waals surface area contributed by atoms with E-state index in [0.717, 1.165) is 0 Å². The summed E-state index contributed by atoms with van der Waals surface area (Å²) >= 11 is 0. The first kappa shape index (κ1) is 9.18. The van der Waals surface area contributed by atoms with Gasteiger partial charge in [-0.3, -0.25) is 0 Å². The lowest BCUT2D eigenvalue weighted by atomic mass is 10.1. The molecule has 0 bridgehead atoms. The van der Waals surface area contributed by atoms with E-state index in [9.17, 15) is 0 Å². The lowest BCUT2D eigenvalue weighted by molar-refractivity contribution is 0.922. The average Bonchev–Trinajstić information content (AvgIpc) is 1.91. The summed E-state index contributed by atoms with van der Waals surface area (Å²) in [7, 11) is 0. The number of benzene rings is 1. The highest BCUT2D eigenvalue weighted by atomic mass is 14.0. The van der Waals surface area contributed by atoms with Gasteiger partial charge in [0.15, 0.2) is 0 Å². The summed E-state index contributed by atoms with van der Waals surface area (Å²) < 4.78 is 0. The van der Waals surface area contributed by atoms with Gasteiger partial charge in [0.1, 0.15) is 0 Å². The van der Waals surface area contributed by atoms with Crippen molar-refractivity contribution in [2.75, 3.05) is 0 Å². The van der Waals surface area contributed by atoms with Gasteiger partial charge in [-0.05, 0) is 12.0 Å². The Hall–Kier alpha value is -0.820. The Kier molecular flexibility index (Phi) is 4.59. The first-order valence-electron chi connectivity index (χ1n) is 3.47. The van der Waals surface area contributed by atoms with Gasteiger partial charge in [0.2, 0.25) is 0 Å². The molecule has 1 nitrogen and oxygen atoms in total. The molecule has 1 aromatic rings. The van der Waals surface area contributed by atoms with Crippen LogP contribution < -0.4 is 6.15 Å². The van der Waals surface area contributed by atoms with E-state index in [1.165, 1.54) is 18.4 Å². The zero-order valence-corrected chi connectivity index (χ0v) is 6.51. The standard InChI is InChI=1S/C9H12.H3N/c1-2-6-9-7-4-3-5-8-9;/h3-5,7-8H,2,6H2,1H3;1H3. The number of hydrogen-bond acceptors (Lipinski definition) is 1. The molecule has 0 spiro atoms. The minimum Gasteiger partial charge on any atom is -0.344 e. The molecule has 0 atom stereocenters. The zero-order chi connectivity index (χ0) is 6.53. The third-order valence-corrected chi connectivity index (χ3v) is 1.38. The third kappa shape index (κ3) is 2.65. The van der Waals surface area contributed by atoms with Crippen LogP contribution in [0.2, 0.25) is 0 Å². The highest BCUT2D eigenvalue weighted by molar-refractivity contribution is 5.14. The molecule has 0 aliphatic rings.